The van der Waals surface area contributed by atoms with Crippen LogP contribution in [0.4, 0.5) is 4.79 Å². The van der Waals surface area contributed by atoms with E-state index in [1.807, 2.05) is 25.7 Å². The number of amides is 1. The van der Waals surface area contributed by atoms with Gasteiger partial charge < -0.3 is 19.9 Å². The highest BCUT2D eigenvalue weighted by molar-refractivity contribution is 5.69. The Balaban J connectivity index is 1.46. The Hall–Kier alpha value is -0.810. The van der Waals surface area contributed by atoms with Gasteiger partial charge in [-0.25, -0.2) is 4.79 Å². The number of hydrogen-bond donors (Lipinski definition) is 1. The lowest BCUT2D eigenvalue weighted by molar-refractivity contribution is 0.0219. The van der Waals surface area contributed by atoms with Crippen molar-refractivity contribution in [2.75, 3.05) is 33.2 Å². The van der Waals surface area contributed by atoms with Crippen molar-refractivity contribution in [2.45, 2.75) is 70.6 Å². The monoisotopic (exact) mass is 337 g/mol. The molecule has 0 radical (unpaired) electrons. The molecule has 0 aromatic rings. The van der Waals surface area contributed by atoms with Gasteiger partial charge in [-0.05, 0) is 91.4 Å². The normalized spacial score (nSPS) is 32.2. The summed E-state index contributed by atoms with van der Waals surface area (Å²) in [6, 6.07) is 0.939. The average molecular weight is 338 g/mol. The number of likely N-dealkylation sites (tertiary alicyclic amines) is 2. The summed E-state index contributed by atoms with van der Waals surface area (Å²) in [5, 5.41) is 3.82. The quantitative estimate of drug-likeness (QED) is 0.860. The van der Waals surface area contributed by atoms with Crippen LogP contribution in [-0.2, 0) is 4.74 Å². The van der Waals surface area contributed by atoms with Gasteiger partial charge in [0.2, 0.25) is 0 Å². The van der Waals surface area contributed by atoms with E-state index in [4.69, 9.17) is 4.74 Å². The number of ether oxygens (including phenoxy) is 1. The molecule has 0 spiro atoms. The van der Waals surface area contributed by atoms with E-state index >= 15 is 0 Å². The van der Waals surface area contributed by atoms with Crippen LogP contribution in [0.25, 0.3) is 0 Å². The van der Waals surface area contributed by atoms with E-state index < -0.39 is 5.60 Å². The van der Waals surface area contributed by atoms with Gasteiger partial charge in [0, 0.05) is 18.6 Å². The molecule has 3 rings (SSSR count). The third-order valence-electron chi connectivity index (χ3n) is 5.84. The second kappa shape index (κ2) is 7.20. The molecule has 1 aliphatic carbocycles. The van der Waals surface area contributed by atoms with E-state index in [1.165, 1.54) is 32.4 Å². The highest BCUT2D eigenvalue weighted by atomic mass is 16.6. The maximum atomic E-state index is 12.4. The smallest absolute Gasteiger partial charge is 0.410 e. The largest absolute Gasteiger partial charge is 0.444 e. The molecule has 2 bridgehead atoms. The van der Waals surface area contributed by atoms with Crippen LogP contribution in [0.3, 0.4) is 0 Å². The Labute approximate surface area is 147 Å². The number of rotatable bonds is 3. The molecule has 0 aromatic carbocycles. The van der Waals surface area contributed by atoms with Crippen molar-refractivity contribution >= 4 is 6.09 Å². The van der Waals surface area contributed by atoms with Crippen molar-refractivity contribution in [1.29, 1.82) is 0 Å². The predicted octanol–water partition coefficient (Wildman–Crippen LogP) is 2.71. The third kappa shape index (κ3) is 4.63. The summed E-state index contributed by atoms with van der Waals surface area (Å²) in [7, 11) is 2.22. The number of fused-ring (bicyclic) bond motifs is 2. The summed E-state index contributed by atoms with van der Waals surface area (Å²) in [6.07, 6.45) is 5.96. The number of carbonyl (C=O) groups excluding carboxylic acids is 1. The average Bonchev–Trinajstić information content (AvgIpc) is 2.80. The fraction of sp³-hybridized carbons (Fsp3) is 0.947. The number of carbonyl (C=O) groups is 1. The maximum absolute atomic E-state index is 12.4. The van der Waals surface area contributed by atoms with Crippen LogP contribution in [0.1, 0.15) is 52.9 Å². The second-order valence-electron chi connectivity index (χ2n) is 9.21. The van der Waals surface area contributed by atoms with Gasteiger partial charge in [-0.1, -0.05) is 0 Å². The first-order valence-corrected chi connectivity index (χ1v) is 9.71. The molecule has 3 aliphatic rings. The fourth-order valence-corrected chi connectivity index (χ4v) is 4.55. The molecule has 1 amide bonds. The van der Waals surface area contributed by atoms with E-state index in [9.17, 15) is 4.79 Å². The topological polar surface area (TPSA) is 44.8 Å². The Morgan fingerprint density at radius 2 is 1.88 bits per heavy atom. The molecule has 5 heteroatoms. The number of piperidine rings is 1. The molecule has 0 aromatic heterocycles. The highest BCUT2D eigenvalue weighted by Gasteiger charge is 2.42. The molecular formula is C19H35N3O2. The Bertz CT molecular complexity index is 440. The highest BCUT2D eigenvalue weighted by Crippen LogP contribution is 2.36. The molecule has 1 saturated carbocycles. The van der Waals surface area contributed by atoms with Gasteiger partial charge in [-0.2, -0.15) is 0 Å². The Kier molecular flexibility index (Phi) is 5.40. The molecule has 3 atom stereocenters. The minimum Gasteiger partial charge on any atom is -0.444 e. The van der Waals surface area contributed by atoms with Gasteiger partial charge in [-0.15, -0.1) is 0 Å². The Morgan fingerprint density at radius 1 is 1.17 bits per heavy atom. The van der Waals surface area contributed by atoms with Crippen molar-refractivity contribution < 1.29 is 9.53 Å². The van der Waals surface area contributed by atoms with Crippen LogP contribution < -0.4 is 5.32 Å². The van der Waals surface area contributed by atoms with Gasteiger partial charge in [0.1, 0.15) is 5.60 Å². The van der Waals surface area contributed by atoms with E-state index in [-0.39, 0.29) is 6.09 Å². The minimum absolute atomic E-state index is 0.119. The number of nitrogens with zero attached hydrogens (tertiary/aromatic N) is 2. The lowest BCUT2D eigenvalue weighted by Crippen LogP contribution is -2.44. The van der Waals surface area contributed by atoms with Gasteiger partial charge >= 0.3 is 6.09 Å². The number of nitrogens with one attached hydrogen (secondary N) is 1. The van der Waals surface area contributed by atoms with Crippen LogP contribution in [0.15, 0.2) is 0 Å². The lowest BCUT2D eigenvalue weighted by Gasteiger charge is -2.33. The molecule has 2 aliphatic heterocycles. The molecule has 0 unspecified atom stereocenters. The van der Waals surface area contributed by atoms with Crippen LogP contribution in [-0.4, -0.2) is 66.8 Å². The van der Waals surface area contributed by atoms with Gasteiger partial charge in [0.25, 0.3) is 0 Å². The fourth-order valence-electron chi connectivity index (χ4n) is 4.55. The maximum Gasteiger partial charge on any atom is 0.410 e. The number of hydrogen-bond acceptors (Lipinski definition) is 4. The lowest BCUT2D eigenvalue weighted by atomic mass is 9.86. The second-order valence-corrected chi connectivity index (χ2v) is 9.21. The zero-order valence-electron chi connectivity index (χ0n) is 15.9. The zero-order valence-corrected chi connectivity index (χ0v) is 15.9. The summed E-state index contributed by atoms with van der Waals surface area (Å²) in [4.78, 5) is 16.8. The molecule has 1 N–H and O–H groups in total. The predicted molar refractivity (Wildman–Crippen MR) is 96.1 cm³/mol. The van der Waals surface area contributed by atoms with Gasteiger partial charge in [-0.3, -0.25) is 0 Å². The SMILES string of the molecule is CN1CCC(CN[C@@H]2C[C@H]3C[C@@H](C2)N(C(=O)OC(C)(C)C)C3)CC1. The molecule has 5 nitrogen and oxygen atoms in total. The first-order chi connectivity index (χ1) is 11.3. The summed E-state index contributed by atoms with van der Waals surface area (Å²) < 4.78 is 5.59. The molecular weight excluding hydrogens is 302 g/mol. The molecule has 24 heavy (non-hydrogen) atoms. The summed E-state index contributed by atoms with van der Waals surface area (Å²) in [5.74, 6) is 1.47. The van der Waals surface area contributed by atoms with Gasteiger partial charge in [0.05, 0.1) is 0 Å². The molecule has 2 saturated heterocycles. The summed E-state index contributed by atoms with van der Waals surface area (Å²) >= 11 is 0. The standard InChI is InChI=1S/C19H35N3O2/c1-19(2,3)24-18(23)22-13-15-9-16(11-17(22)10-15)20-12-14-5-7-21(4)8-6-14/h14-17,20H,5-13H2,1-4H3/t15-,16+,17-/m0/s1. The van der Waals surface area contributed by atoms with Crippen LogP contribution in [0.5, 0.6) is 0 Å². The first-order valence-electron chi connectivity index (χ1n) is 9.71. The van der Waals surface area contributed by atoms with Crippen molar-refractivity contribution in [3.8, 4) is 0 Å². The van der Waals surface area contributed by atoms with E-state index in [0.29, 0.717) is 18.0 Å². The van der Waals surface area contributed by atoms with Crippen molar-refractivity contribution in [1.82, 2.24) is 15.1 Å². The van der Waals surface area contributed by atoms with E-state index in [2.05, 4.69) is 17.3 Å². The summed E-state index contributed by atoms with van der Waals surface area (Å²) in [6.45, 7) is 10.3. The first kappa shape index (κ1) is 18.0. The zero-order chi connectivity index (χ0) is 17.3. The van der Waals surface area contributed by atoms with E-state index in [0.717, 1.165) is 31.8 Å². The summed E-state index contributed by atoms with van der Waals surface area (Å²) in [5.41, 5.74) is -0.403. The third-order valence-corrected chi connectivity index (χ3v) is 5.84. The van der Waals surface area contributed by atoms with E-state index in [1.54, 1.807) is 0 Å². The van der Waals surface area contributed by atoms with Crippen LogP contribution in [0, 0.1) is 11.8 Å². The minimum atomic E-state index is -0.403. The molecule has 2 heterocycles. The van der Waals surface area contributed by atoms with Crippen molar-refractivity contribution in [3.63, 3.8) is 0 Å². The van der Waals surface area contributed by atoms with Crippen LogP contribution >= 0.6 is 0 Å². The molecule has 138 valence electrons. The van der Waals surface area contributed by atoms with Crippen molar-refractivity contribution in [2.24, 2.45) is 11.8 Å². The van der Waals surface area contributed by atoms with Crippen LogP contribution in [0.2, 0.25) is 0 Å². The van der Waals surface area contributed by atoms with Gasteiger partial charge in [0.15, 0.2) is 0 Å². The Morgan fingerprint density at radius 3 is 2.54 bits per heavy atom. The molecule has 3 fully saturated rings. The van der Waals surface area contributed by atoms with Crippen molar-refractivity contribution in [3.05, 3.63) is 0 Å².